The molecule has 1 heterocycles. The molecule has 15 heavy (non-hydrogen) atoms. The minimum Gasteiger partial charge on any atom is -0.382 e. The van der Waals surface area contributed by atoms with Crippen LogP contribution in [0.5, 0.6) is 0 Å². The van der Waals surface area contributed by atoms with Crippen LogP contribution in [0.4, 0.5) is 10.1 Å². The van der Waals surface area contributed by atoms with Gasteiger partial charge < -0.3 is 5.32 Å². The molecule has 6 heteroatoms. The van der Waals surface area contributed by atoms with Gasteiger partial charge in [0.2, 0.25) is 0 Å². The van der Waals surface area contributed by atoms with Crippen LogP contribution in [0, 0.1) is 5.82 Å². The second kappa shape index (κ2) is 3.98. The SMILES string of the molecule is CS(=O)(=O)c1cc(F)c2c(c1)CCN2.Cl. The molecule has 0 spiro atoms. The number of anilines is 1. The molecule has 0 aromatic heterocycles. The van der Waals surface area contributed by atoms with Crippen molar-refractivity contribution < 1.29 is 12.8 Å². The maximum Gasteiger partial charge on any atom is 0.175 e. The lowest BCUT2D eigenvalue weighted by Gasteiger charge is -2.04. The van der Waals surface area contributed by atoms with Gasteiger partial charge in [-0.25, -0.2) is 12.8 Å². The molecule has 84 valence electrons. The summed E-state index contributed by atoms with van der Waals surface area (Å²) in [7, 11) is -3.31. The van der Waals surface area contributed by atoms with Gasteiger partial charge in [0, 0.05) is 12.8 Å². The number of sulfone groups is 1. The maximum atomic E-state index is 13.4. The topological polar surface area (TPSA) is 46.2 Å². The zero-order chi connectivity index (χ0) is 10.3. The van der Waals surface area contributed by atoms with E-state index in [0.717, 1.165) is 17.9 Å². The van der Waals surface area contributed by atoms with Gasteiger partial charge in [-0.3, -0.25) is 0 Å². The smallest absolute Gasteiger partial charge is 0.175 e. The maximum absolute atomic E-state index is 13.4. The summed E-state index contributed by atoms with van der Waals surface area (Å²) in [5, 5.41) is 2.88. The minimum absolute atomic E-state index is 0. The highest BCUT2D eigenvalue weighted by atomic mass is 35.5. The zero-order valence-electron chi connectivity index (χ0n) is 8.08. The number of nitrogens with one attached hydrogen (secondary N) is 1. The van der Waals surface area contributed by atoms with Crippen LogP contribution in [-0.4, -0.2) is 21.2 Å². The number of benzene rings is 1. The summed E-state index contributed by atoms with van der Waals surface area (Å²) in [6, 6.07) is 2.60. The fourth-order valence-corrected chi connectivity index (χ4v) is 2.24. The molecule has 0 atom stereocenters. The predicted octanol–water partition coefficient (Wildman–Crippen LogP) is 1.62. The Balaban J connectivity index is 0.00000112. The van der Waals surface area contributed by atoms with E-state index in [-0.39, 0.29) is 17.3 Å². The van der Waals surface area contributed by atoms with E-state index in [2.05, 4.69) is 5.32 Å². The summed E-state index contributed by atoms with van der Waals surface area (Å²) in [6.45, 7) is 0.666. The van der Waals surface area contributed by atoms with Crippen LogP contribution in [0.15, 0.2) is 17.0 Å². The fraction of sp³-hybridized carbons (Fsp3) is 0.333. The predicted molar refractivity (Wildman–Crippen MR) is 59.0 cm³/mol. The highest BCUT2D eigenvalue weighted by Gasteiger charge is 2.19. The van der Waals surface area contributed by atoms with E-state index < -0.39 is 15.7 Å². The second-order valence-corrected chi connectivity index (χ2v) is 5.40. The molecular formula is C9H11ClFNO2S. The van der Waals surface area contributed by atoms with Gasteiger partial charge in [-0.1, -0.05) is 0 Å². The molecule has 1 aromatic rings. The van der Waals surface area contributed by atoms with Crippen LogP contribution >= 0.6 is 12.4 Å². The monoisotopic (exact) mass is 251 g/mol. The first-order chi connectivity index (χ1) is 6.48. The Labute approximate surface area is 94.0 Å². The van der Waals surface area contributed by atoms with Gasteiger partial charge in [-0.05, 0) is 24.1 Å². The van der Waals surface area contributed by atoms with Crippen molar-refractivity contribution in [3.63, 3.8) is 0 Å². The van der Waals surface area contributed by atoms with Crippen molar-refractivity contribution in [2.24, 2.45) is 0 Å². The Morgan fingerprint density at radius 2 is 2.07 bits per heavy atom. The van der Waals surface area contributed by atoms with Crippen molar-refractivity contribution in [1.29, 1.82) is 0 Å². The zero-order valence-corrected chi connectivity index (χ0v) is 9.71. The molecule has 0 aliphatic carbocycles. The lowest BCUT2D eigenvalue weighted by atomic mass is 10.2. The van der Waals surface area contributed by atoms with Crippen LogP contribution < -0.4 is 5.32 Å². The first-order valence-electron chi connectivity index (χ1n) is 4.25. The molecule has 0 bridgehead atoms. The Hall–Kier alpha value is -0.810. The summed E-state index contributed by atoms with van der Waals surface area (Å²) in [6.07, 6.45) is 1.76. The van der Waals surface area contributed by atoms with E-state index in [9.17, 15) is 12.8 Å². The van der Waals surface area contributed by atoms with Gasteiger partial charge >= 0.3 is 0 Å². The number of hydrogen-bond donors (Lipinski definition) is 1. The summed E-state index contributed by atoms with van der Waals surface area (Å²) in [4.78, 5) is 0.0532. The first kappa shape index (κ1) is 12.3. The van der Waals surface area contributed by atoms with Crippen LogP contribution in [0.1, 0.15) is 5.56 Å². The van der Waals surface area contributed by atoms with Crippen LogP contribution in [0.2, 0.25) is 0 Å². The number of rotatable bonds is 1. The van der Waals surface area contributed by atoms with Gasteiger partial charge in [-0.2, -0.15) is 0 Å². The Morgan fingerprint density at radius 1 is 1.40 bits per heavy atom. The molecule has 1 N–H and O–H groups in total. The second-order valence-electron chi connectivity index (χ2n) is 3.39. The lowest BCUT2D eigenvalue weighted by molar-refractivity contribution is 0.596. The van der Waals surface area contributed by atoms with Crippen molar-refractivity contribution in [2.45, 2.75) is 11.3 Å². The van der Waals surface area contributed by atoms with Crippen molar-refractivity contribution >= 4 is 27.9 Å². The van der Waals surface area contributed by atoms with Gasteiger partial charge in [0.05, 0.1) is 10.6 Å². The van der Waals surface area contributed by atoms with Gasteiger partial charge in [0.15, 0.2) is 9.84 Å². The molecule has 3 nitrogen and oxygen atoms in total. The standard InChI is InChI=1S/C9H10FNO2S.ClH/c1-14(12,13)7-4-6-2-3-11-9(6)8(10)5-7;/h4-5,11H,2-3H2,1H3;1H. The number of hydrogen-bond acceptors (Lipinski definition) is 3. The molecule has 2 rings (SSSR count). The third-order valence-electron chi connectivity index (χ3n) is 2.27. The largest absolute Gasteiger partial charge is 0.382 e. The van der Waals surface area contributed by atoms with E-state index in [1.165, 1.54) is 6.07 Å². The van der Waals surface area contributed by atoms with Gasteiger partial charge in [0.1, 0.15) is 5.82 Å². The molecular weight excluding hydrogens is 241 g/mol. The van der Waals surface area contributed by atoms with Crippen molar-refractivity contribution in [2.75, 3.05) is 18.1 Å². The Morgan fingerprint density at radius 3 is 2.67 bits per heavy atom. The van der Waals surface area contributed by atoms with Crippen molar-refractivity contribution in [3.05, 3.63) is 23.5 Å². The highest BCUT2D eigenvalue weighted by molar-refractivity contribution is 7.90. The number of halogens is 2. The van der Waals surface area contributed by atoms with Crippen LogP contribution in [-0.2, 0) is 16.3 Å². The average molecular weight is 252 g/mol. The third kappa shape index (κ3) is 2.23. The molecule has 0 saturated carbocycles. The minimum atomic E-state index is -3.31. The average Bonchev–Trinajstić information content (AvgIpc) is 2.50. The van der Waals surface area contributed by atoms with E-state index in [0.29, 0.717) is 18.7 Å². The summed E-state index contributed by atoms with van der Waals surface area (Å²) < 4.78 is 35.8. The number of fused-ring (bicyclic) bond motifs is 1. The van der Waals surface area contributed by atoms with E-state index in [1.54, 1.807) is 0 Å². The quantitative estimate of drug-likeness (QED) is 0.825. The molecule has 0 radical (unpaired) electrons. The molecule has 0 fully saturated rings. The highest BCUT2D eigenvalue weighted by Crippen LogP contribution is 2.28. The van der Waals surface area contributed by atoms with Crippen LogP contribution in [0.25, 0.3) is 0 Å². The molecule has 0 unspecified atom stereocenters. The van der Waals surface area contributed by atoms with Crippen molar-refractivity contribution in [3.8, 4) is 0 Å². The molecule has 0 saturated heterocycles. The third-order valence-corrected chi connectivity index (χ3v) is 3.36. The Kier molecular flexibility index (Phi) is 3.25. The fourth-order valence-electron chi connectivity index (χ4n) is 1.57. The van der Waals surface area contributed by atoms with Gasteiger partial charge in [0.25, 0.3) is 0 Å². The van der Waals surface area contributed by atoms with E-state index in [4.69, 9.17) is 0 Å². The summed E-state index contributed by atoms with van der Waals surface area (Å²) in [5.41, 5.74) is 1.18. The molecule has 1 aromatic carbocycles. The molecule has 1 aliphatic heterocycles. The van der Waals surface area contributed by atoms with Gasteiger partial charge in [-0.15, -0.1) is 12.4 Å². The molecule has 1 aliphatic rings. The normalized spacial score (nSPS) is 14.0. The van der Waals surface area contributed by atoms with Crippen LogP contribution in [0.3, 0.4) is 0 Å². The summed E-state index contributed by atoms with van der Waals surface area (Å²) in [5.74, 6) is -0.486. The van der Waals surface area contributed by atoms with E-state index >= 15 is 0 Å². The van der Waals surface area contributed by atoms with Crippen molar-refractivity contribution in [1.82, 2.24) is 0 Å². The lowest BCUT2D eigenvalue weighted by Crippen LogP contribution is -2.00. The Bertz CT molecular complexity index is 487. The van der Waals surface area contributed by atoms with E-state index in [1.807, 2.05) is 0 Å². The first-order valence-corrected chi connectivity index (χ1v) is 6.14. The summed E-state index contributed by atoms with van der Waals surface area (Å²) >= 11 is 0. The molecule has 0 amide bonds.